The molecule has 2 nitrogen and oxygen atoms in total. The van der Waals surface area contributed by atoms with E-state index < -0.39 is 0 Å². The van der Waals surface area contributed by atoms with Crippen LogP contribution in [-0.2, 0) is 0 Å². The molecular weight excluding hydrogens is 322 g/mol. The summed E-state index contributed by atoms with van der Waals surface area (Å²) in [6.45, 7) is 0.860. The fourth-order valence-corrected chi connectivity index (χ4v) is 2.94. The van der Waals surface area contributed by atoms with Gasteiger partial charge >= 0.3 is 0 Å². The van der Waals surface area contributed by atoms with Crippen molar-refractivity contribution in [2.75, 3.05) is 18.1 Å². The summed E-state index contributed by atoms with van der Waals surface area (Å²) >= 11 is 5.15. The number of benzene rings is 1. The summed E-state index contributed by atoms with van der Waals surface area (Å²) < 4.78 is 0. The Morgan fingerprint density at radius 2 is 2.05 bits per heavy atom. The van der Waals surface area contributed by atoms with Gasteiger partial charge in [0.15, 0.2) is 0 Å². The van der Waals surface area contributed by atoms with Crippen molar-refractivity contribution in [3.05, 3.63) is 29.8 Å². The van der Waals surface area contributed by atoms with Crippen molar-refractivity contribution in [2.45, 2.75) is 36.6 Å². The third kappa shape index (κ3) is 3.76. The molecule has 4 heteroatoms. The average molecular weight is 342 g/mol. The number of carbonyl (C=O) groups is 1. The topological polar surface area (TPSA) is 20.3 Å². The van der Waals surface area contributed by atoms with Crippen molar-refractivity contribution in [1.82, 2.24) is 4.90 Å². The van der Waals surface area contributed by atoms with Crippen molar-refractivity contribution >= 4 is 33.6 Å². The van der Waals surface area contributed by atoms with Crippen molar-refractivity contribution in [3.63, 3.8) is 0 Å². The summed E-state index contributed by atoms with van der Waals surface area (Å²) in [7, 11) is 0. The lowest BCUT2D eigenvalue weighted by Crippen LogP contribution is -2.44. The highest BCUT2D eigenvalue weighted by molar-refractivity contribution is 9.09. The predicted molar refractivity (Wildman–Crippen MR) is 85.3 cm³/mol. The molecule has 0 N–H and O–H groups in total. The summed E-state index contributed by atoms with van der Waals surface area (Å²) in [5.74, 6) is 0.193. The number of amides is 1. The molecule has 2 rings (SSSR count). The van der Waals surface area contributed by atoms with E-state index in [-0.39, 0.29) is 5.91 Å². The van der Waals surface area contributed by atoms with E-state index in [1.807, 2.05) is 30.5 Å². The van der Waals surface area contributed by atoms with Gasteiger partial charge in [-0.1, -0.05) is 15.9 Å². The molecule has 0 spiro atoms. The van der Waals surface area contributed by atoms with Crippen LogP contribution in [0.15, 0.2) is 29.2 Å². The van der Waals surface area contributed by atoms with Gasteiger partial charge in [0.05, 0.1) is 0 Å². The number of alkyl halides is 1. The maximum absolute atomic E-state index is 12.6. The second-order valence-corrected chi connectivity index (χ2v) is 6.53. The van der Waals surface area contributed by atoms with Gasteiger partial charge < -0.3 is 4.90 Å². The highest BCUT2D eigenvalue weighted by atomic mass is 79.9. The summed E-state index contributed by atoms with van der Waals surface area (Å²) in [6.07, 6.45) is 6.65. The molecular formula is C15H20BrNOS. The van der Waals surface area contributed by atoms with Crippen LogP contribution in [0.5, 0.6) is 0 Å². The molecule has 1 amide bonds. The Labute approximate surface area is 128 Å². The molecule has 19 heavy (non-hydrogen) atoms. The number of carbonyl (C=O) groups excluding carboxylic acids is 1. The quantitative estimate of drug-likeness (QED) is 0.571. The molecule has 104 valence electrons. The highest BCUT2D eigenvalue weighted by Gasteiger charge is 2.28. The molecule has 1 aliphatic carbocycles. The lowest BCUT2D eigenvalue weighted by atomic mass is 9.91. The lowest BCUT2D eigenvalue weighted by Gasteiger charge is -2.37. The zero-order valence-electron chi connectivity index (χ0n) is 11.3. The van der Waals surface area contributed by atoms with E-state index in [4.69, 9.17) is 0 Å². The molecule has 0 heterocycles. The maximum Gasteiger partial charge on any atom is 0.254 e. The normalized spacial score (nSPS) is 15.1. The standard InChI is InChI=1S/C15H20BrNOS/c1-19-14-8-6-12(7-9-14)15(18)17(11-3-10-16)13-4-2-5-13/h6-9,13H,2-5,10-11H2,1H3. The molecule has 0 bridgehead atoms. The molecule has 1 aliphatic rings. The summed E-state index contributed by atoms with van der Waals surface area (Å²) in [5.41, 5.74) is 0.819. The first-order valence-corrected chi connectivity index (χ1v) is 9.12. The van der Waals surface area contributed by atoms with Gasteiger partial charge in [-0.05, 0) is 56.2 Å². The van der Waals surface area contributed by atoms with E-state index >= 15 is 0 Å². The number of thioether (sulfide) groups is 1. The Bertz CT molecular complexity index is 417. The van der Waals surface area contributed by atoms with E-state index in [0.29, 0.717) is 6.04 Å². The van der Waals surface area contributed by atoms with Crippen LogP contribution < -0.4 is 0 Å². The highest BCUT2D eigenvalue weighted by Crippen LogP contribution is 2.27. The van der Waals surface area contributed by atoms with Crippen LogP contribution in [0.1, 0.15) is 36.0 Å². The van der Waals surface area contributed by atoms with E-state index in [2.05, 4.69) is 20.8 Å². The van der Waals surface area contributed by atoms with E-state index in [1.54, 1.807) is 11.8 Å². The van der Waals surface area contributed by atoms with Crippen LogP contribution in [0.25, 0.3) is 0 Å². The fraction of sp³-hybridized carbons (Fsp3) is 0.533. The first kappa shape index (κ1) is 14.9. The summed E-state index contributed by atoms with van der Waals surface area (Å²) in [6, 6.07) is 8.43. The van der Waals surface area contributed by atoms with Gasteiger partial charge in [0.25, 0.3) is 5.91 Å². The van der Waals surface area contributed by atoms with Gasteiger partial charge in [0.2, 0.25) is 0 Å². The van der Waals surface area contributed by atoms with Gasteiger partial charge in [0, 0.05) is 28.4 Å². The SMILES string of the molecule is CSc1ccc(C(=O)N(CCCBr)C2CCC2)cc1. The van der Waals surface area contributed by atoms with Crippen LogP contribution in [0.3, 0.4) is 0 Å². The fourth-order valence-electron chi connectivity index (χ4n) is 2.28. The summed E-state index contributed by atoms with van der Waals surface area (Å²) in [4.78, 5) is 15.9. The maximum atomic E-state index is 12.6. The van der Waals surface area contributed by atoms with Crippen molar-refractivity contribution in [1.29, 1.82) is 0 Å². The lowest BCUT2D eigenvalue weighted by molar-refractivity contribution is 0.0581. The second-order valence-electron chi connectivity index (χ2n) is 4.85. The monoisotopic (exact) mass is 341 g/mol. The van der Waals surface area contributed by atoms with E-state index in [1.165, 1.54) is 11.3 Å². The first-order valence-electron chi connectivity index (χ1n) is 6.77. The number of hydrogen-bond acceptors (Lipinski definition) is 2. The van der Waals surface area contributed by atoms with Crippen molar-refractivity contribution in [3.8, 4) is 0 Å². The Hall–Kier alpha value is -0.480. The van der Waals surface area contributed by atoms with Gasteiger partial charge in [-0.3, -0.25) is 4.79 Å². The number of nitrogens with zero attached hydrogens (tertiary/aromatic N) is 1. The first-order chi connectivity index (χ1) is 9.26. The smallest absolute Gasteiger partial charge is 0.254 e. The number of halogens is 1. The van der Waals surface area contributed by atoms with Crippen molar-refractivity contribution < 1.29 is 4.79 Å². The zero-order chi connectivity index (χ0) is 13.7. The Kier molecular flexibility index (Phi) is 5.76. The van der Waals surface area contributed by atoms with Crippen LogP contribution in [-0.4, -0.2) is 35.0 Å². The third-order valence-corrected chi connectivity index (χ3v) is 4.95. The van der Waals surface area contributed by atoms with Crippen molar-refractivity contribution in [2.24, 2.45) is 0 Å². The number of rotatable bonds is 6. The molecule has 1 aromatic rings. The zero-order valence-corrected chi connectivity index (χ0v) is 13.7. The van der Waals surface area contributed by atoms with Gasteiger partial charge in [-0.25, -0.2) is 0 Å². The Morgan fingerprint density at radius 1 is 1.37 bits per heavy atom. The van der Waals surface area contributed by atoms with Gasteiger partial charge in [-0.2, -0.15) is 0 Å². The summed E-state index contributed by atoms with van der Waals surface area (Å²) in [5, 5.41) is 0.953. The minimum absolute atomic E-state index is 0.193. The minimum atomic E-state index is 0.193. The minimum Gasteiger partial charge on any atom is -0.336 e. The molecule has 1 saturated carbocycles. The molecule has 0 aliphatic heterocycles. The molecule has 0 aromatic heterocycles. The molecule has 0 radical (unpaired) electrons. The van der Waals surface area contributed by atoms with Crippen LogP contribution >= 0.6 is 27.7 Å². The van der Waals surface area contributed by atoms with Crippen LogP contribution in [0.2, 0.25) is 0 Å². The molecule has 0 unspecified atom stereocenters. The largest absolute Gasteiger partial charge is 0.336 e. The molecule has 0 atom stereocenters. The van der Waals surface area contributed by atoms with Gasteiger partial charge in [-0.15, -0.1) is 11.8 Å². The molecule has 1 fully saturated rings. The molecule has 0 saturated heterocycles. The Balaban J connectivity index is 2.08. The van der Waals surface area contributed by atoms with E-state index in [9.17, 15) is 4.79 Å². The predicted octanol–water partition coefficient (Wildman–Crippen LogP) is 4.19. The Morgan fingerprint density at radius 3 is 2.53 bits per heavy atom. The third-order valence-electron chi connectivity index (χ3n) is 3.65. The van der Waals surface area contributed by atoms with Gasteiger partial charge in [0.1, 0.15) is 0 Å². The van der Waals surface area contributed by atoms with E-state index in [0.717, 1.165) is 36.7 Å². The number of hydrogen-bond donors (Lipinski definition) is 0. The average Bonchev–Trinajstić information content (AvgIpc) is 2.40. The van der Waals surface area contributed by atoms with Crippen LogP contribution in [0, 0.1) is 0 Å². The second kappa shape index (κ2) is 7.34. The molecule has 1 aromatic carbocycles. The van der Waals surface area contributed by atoms with Crippen LogP contribution in [0.4, 0.5) is 0 Å².